The molecular formula is C19H13BrN2O2. The molecule has 0 unspecified atom stereocenters. The zero-order valence-electron chi connectivity index (χ0n) is 12.9. The molecule has 0 aliphatic heterocycles. The van der Waals surface area contributed by atoms with Crippen molar-refractivity contribution in [1.29, 1.82) is 0 Å². The Bertz CT molecular complexity index is 1080. The highest BCUT2D eigenvalue weighted by Crippen LogP contribution is 2.35. The number of halogens is 1. The summed E-state index contributed by atoms with van der Waals surface area (Å²) in [4.78, 5) is 12.4. The van der Waals surface area contributed by atoms with Gasteiger partial charge in [0.1, 0.15) is 4.47 Å². The van der Waals surface area contributed by atoms with Crippen LogP contribution in [0.15, 0.2) is 74.3 Å². The fourth-order valence-corrected chi connectivity index (χ4v) is 3.36. The molecule has 0 radical (unpaired) electrons. The van der Waals surface area contributed by atoms with Crippen LogP contribution in [0.2, 0.25) is 0 Å². The third kappa shape index (κ3) is 2.29. The van der Waals surface area contributed by atoms with E-state index in [1.54, 1.807) is 4.68 Å². The van der Waals surface area contributed by atoms with Gasteiger partial charge in [-0.25, -0.2) is 4.79 Å². The van der Waals surface area contributed by atoms with Gasteiger partial charge in [0.15, 0.2) is 0 Å². The van der Waals surface area contributed by atoms with Gasteiger partial charge in [-0.1, -0.05) is 48.5 Å². The second-order valence-corrected chi connectivity index (χ2v) is 6.25. The molecule has 0 aliphatic rings. The van der Waals surface area contributed by atoms with E-state index < -0.39 is 5.63 Å². The van der Waals surface area contributed by atoms with Crippen LogP contribution < -0.4 is 5.63 Å². The van der Waals surface area contributed by atoms with Crippen LogP contribution in [0.25, 0.3) is 27.9 Å². The van der Waals surface area contributed by atoms with Crippen molar-refractivity contribution in [2.45, 2.75) is 6.92 Å². The Balaban J connectivity index is 2.13. The Morgan fingerprint density at radius 3 is 2.29 bits per heavy atom. The van der Waals surface area contributed by atoms with Crippen molar-refractivity contribution in [3.63, 3.8) is 0 Å². The average molecular weight is 381 g/mol. The highest BCUT2D eigenvalue weighted by molar-refractivity contribution is 9.10. The predicted octanol–water partition coefficient (Wildman–Crippen LogP) is 4.72. The van der Waals surface area contributed by atoms with E-state index in [2.05, 4.69) is 21.0 Å². The number of aromatic nitrogens is 2. The first-order valence-corrected chi connectivity index (χ1v) is 8.29. The summed E-state index contributed by atoms with van der Waals surface area (Å²) in [5.41, 5.74) is 3.43. The van der Waals surface area contributed by atoms with Crippen LogP contribution in [0.3, 0.4) is 0 Å². The molecule has 4 rings (SSSR count). The Morgan fingerprint density at radius 1 is 1.00 bits per heavy atom. The van der Waals surface area contributed by atoms with Crippen molar-refractivity contribution < 1.29 is 4.42 Å². The minimum atomic E-state index is -0.418. The van der Waals surface area contributed by atoms with Gasteiger partial charge in [-0.05, 0) is 40.5 Å². The second kappa shape index (κ2) is 5.76. The molecule has 5 heteroatoms. The Labute approximate surface area is 146 Å². The lowest BCUT2D eigenvalue weighted by Crippen LogP contribution is -2.04. The molecule has 0 bridgehead atoms. The van der Waals surface area contributed by atoms with E-state index in [1.165, 1.54) is 0 Å². The third-order valence-corrected chi connectivity index (χ3v) is 4.64. The molecule has 0 fully saturated rings. The normalized spacial score (nSPS) is 11.1. The first-order valence-electron chi connectivity index (χ1n) is 7.49. The van der Waals surface area contributed by atoms with Crippen LogP contribution in [0.1, 0.15) is 5.69 Å². The van der Waals surface area contributed by atoms with Gasteiger partial charge in [0.05, 0.1) is 16.8 Å². The van der Waals surface area contributed by atoms with Crippen molar-refractivity contribution >= 4 is 27.0 Å². The number of aryl methyl sites for hydroxylation is 1. The van der Waals surface area contributed by atoms with E-state index in [9.17, 15) is 4.79 Å². The quantitative estimate of drug-likeness (QED) is 0.505. The van der Waals surface area contributed by atoms with Crippen molar-refractivity contribution in [3.8, 4) is 16.8 Å². The number of para-hydroxylation sites is 1. The van der Waals surface area contributed by atoms with Gasteiger partial charge in [-0.3, -0.25) is 0 Å². The smallest absolute Gasteiger partial charge is 0.352 e. The van der Waals surface area contributed by atoms with E-state index in [0.29, 0.717) is 10.2 Å². The summed E-state index contributed by atoms with van der Waals surface area (Å²) >= 11 is 3.39. The summed E-state index contributed by atoms with van der Waals surface area (Å²) < 4.78 is 7.64. The number of hydrogen-bond acceptors (Lipinski definition) is 3. The molecule has 0 N–H and O–H groups in total. The van der Waals surface area contributed by atoms with Gasteiger partial charge < -0.3 is 4.42 Å². The van der Waals surface area contributed by atoms with Gasteiger partial charge in [0.25, 0.3) is 0 Å². The lowest BCUT2D eigenvalue weighted by molar-refractivity contribution is 0.532. The van der Waals surface area contributed by atoms with E-state index in [1.807, 2.05) is 67.6 Å². The molecule has 4 aromatic rings. The summed E-state index contributed by atoms with van der Waals surface area (Å²) in [5.74, 6) is 0. The van der Waals surface area contributed by atoms with E-state index in [4.69, 9.17) is 4.42 Å². The van der Waals surface area contributed by atoms with Crippen LogP contribution in [0.4, 0.5) is 0 Å². The van der Waals surface area contributed by atoms with Gasteiger partial charge in [-0.2, -0.15) is 9.78 Å². The molecule has 0 saturated carbocycles. The average Bonchev–Trinajstić information content (AvgIpc) is 2.94. The van der Waals surface area contributed by atoms with Gasteiger partial charge in [0.2, 0.25) is 5.71 Å². The minimum Gasteiger partial charge on any atom is -0.403 e. The molecule has 0 aliphatic carbocycles. The van der Waals surface area contributed by atoms with Crippen LogP contribution >= 0.6 is 15.9 Å². The summed E-state index contributed by atoms with van der Waals surface area (Å²) in [7, 11) is 0. The first-order chi connectivity index (χ1) is 11.7. The standard InChI is InChI=1S/C19H13BrN2O2/c1-12-15-16(13-8-4-2-5-9-13)17(20)19(23)24-18(15)22(21-12)14-10-6-3-7-11-14/h2-11H,1H3. The van der Waals surface area contributed by atoms with Crippen molar-refractivity contribution in [2.24, 2.45) is 0 Å². The Kier molecular flexibility index (Phi) is 3.58. The first kappa shape index (κ1) is 14.9. The maximum absolute atomic E-state index is 12.4. The molecule has 4 nitrogen and oxygen atoms in total. The molecule has 2 aromatic carbocycles. The topological polar surface area (TPSA) is 48.0 Å². The van der Waals surface area contributed by atoms with Gasteiger partial charge >= 0.3 is 5.63 Å². The minimum absolute atomic E-state index is 0.414. The molecular weight excluding hydrogens is 368 g/mol. The molecule has 118 valence electrons. The predicted molar refractivity (Wildman–Crippen MR) is 97.5 cm³/mol. The van der Waals surface area contributed by atoms with E-state index >= 15 is 0 Å². The van der Waals surface area contributed by atoms with Gasteiger partial charge in [-0.15, -0.1) is 0 Å². The molecule has 2 heterocycles. The Morgan fingerprint density at radius 2 is 1.62 bits per heavy atom. The molecule has 0 atom stereocenters. The van der Waals surface area contributed by atoms with Crippen molar-refractivity contribution in [1.82, 2.24) is 9.78 Å². The number of hydrogen-bond donors (Lipinski definition) is 0. The number of nitrogens with zero attached hydrogens (tertiary/aromatic N) is 2. The lowest BCUT2D eigenvalue weighted by Gasteiger charge is -2.07. The molecule has 0 amide bonds. The fourth-order valence-electron chi connectivity index (χ4n) is 2.85. The highest BCUT2D eigenvalue weighted by atomic mass is 79.9. The summed E-state index contributed by atoms with van der Waals surface area (Å²) in [6.07, 6.45) is 0. The Hall–Kier alpha value is -2.66. The zero-order valence-corrected chi connectivity index (χ0v) is 14.4. The fraction of sp³-hybridized carbons (Fsp3) is 0.0526. The lowest BCUT2D eigenvalue weighted by atomic mass is 10.0. The second-order valence-electron chi connectivity index (χ2n) is 5.46. The molecule has 0 saturated heterocycles. The van der Waals surface area contributed by atoms with Crippen molar-refractivity contribution in [3.05, 3.63) is 81.3 Å². The van der Waals surface area contributed by atoms with Crippen LogP contribution in [0.5, 0.6) is 0 Å². The maximum atomic E-state index is 12.4. The largest absolute Gasteiger partial charge is 0.403 e. The zero-order chi connectivity index (χ0) is 16.7. The third-order valence-electron chi connectivity index (χ3n) is 3.92. The maximum Gasteiger partial charge on any atom is 0.352 e. The number of rotatable bonds is 2. The van der Waals surface area contributed by atoms with Crippen LogP contribution in [-0.4, -0.2) is 9.78 Å². The summed E-state index contributed by atoms with van der Waals surface area (Å²) in [6, 6.07) is 19.4. The van der Waals surface area contributed by atoms with Crippen LogP contribution in [0, 0.1) is 6.92 Å². The highest BCUT2D eigenvalue weighted by Gasteiger charge is 2.21. The molecule has 2 aromatic heterocycles. The molecule has 24 heavy (non-hydrogen) atoms. The van der Waals surface area contributed by atoms with Crippen molar-refractivity contribution in [2.75, 3.05) is 0 Å². The van der Waals surface area contributed by atoms with E-state index in [0.717, 1.165) is 27.9 Å². The summed E-state index contributed by atoms with van der Waals surface area (Å²) in [6.45, 7) is 1.92. The van der Waals surface area contributed by atoms with E-state index in [-0.39, 0.29) is 0 Å². The monoisotopic (exact) mass is 380 g/mol. The SMILES string of the molecule is Cc1nn(-c2ccccc2)c2oc(=O)c(Br)c(-c3ccccc3)c12. The number of fused-ring (bicyclic) bond motifs is 1. The molecule has 0 spiro atoms. The summed E-state index contributed by atoms with van der Waals surface area (Å²) in [5, 5.41) is 5.42. The van der Waals surface area contributed by atoms with Crippen LogP contribution in [-0.2, 0) is 0 Å². The number of benzene rings is 2. The van der Waals surface area contributed by atoms with Gasteiger partial charge in [0, 0.05) is 5.56 Å².